The van der Waals surface area contributed by atoms with Crippen molar-refractivity contribution < 1.29 is 4.74 Å². The molecule has 3 nitrogen and oxygen atoms in total. The smallest absolute Gasteiger partial charge is 0.0615 e. The van der Waals surface area contributed by atoms with Gasteiger partial charge in [-0.3, -0.25) is 0 Å². The summed E-state index contributed by atoms with van der Waals surface area (Å²) in [4.78, 5) is 2.38. The Balaban J connectivity index is 3.43. The molecule has 0 heterocycles. The van der Waals surface area contributed by atoms with Gasteiger partial charge in [0, 0.05) is 19.2 Å². The number of nitrogens with zero attached hydrogens (tertiary/aromatic N) is 1. The molecule has 0 aliphatic carbocycles. The molecule has 0 saturated carbocycles. The molecule has 0 radical (unpaired) electrons. The molecule has 0 bridgehead atoms. The molecule has 0 saturated heterocycles. The van der Waals surface area contributed by atoms with E-state index < -0.39 is 0 Å². The van der Waals surface area contributed by atoms with Gasteiger partial charge in [-0.2, -0.15) is 0 Å². The van der Waals surface area contributed by atoms with Gasteiger partial charge in [0.05, 0.1) is 6.61 Å². The molecular weight excluding hydrogens is 200 g/mol. The van der Waals surface area contributed by atoms with Crippen molar-refractivity contribution in [2.45, 2.75) is 52.1 Å². The predicted molar refractivity (Wildman–Crippen MR) is 71.0 cm³/mol. The number of unbranched alkanes of at least 4 members (excludes halogenated alkanes) is 1. The number of likely N-dealkylation sites (N-methyl/N-ethyl adjacent to an activating group) is 1. The molecule has 98 valence electrons. The van der Waals surface area contributed by atoms with Crippen LogP contribution in [0.15, 0.2) is 0 Å². The van der Waals surface area contributed by atoms with Gasteiger partial charge in [0.25, 0.3) is 0 Å². The zero-order valence-electron chi connectivity index (χ0n) is 11.8. The van der Waals surface area contributed by atoms with E-state index in [2.05, 4.69) is 38.0 Å². The van der Waals surface area contributed by atoms with Crippen molar-refractivity contribution in [3.8, 4) is 0 Å². The normalized spacial score (nSPS) is 15.4. The van der Waals surface area contributed by atoms with Crippen LogP contribution in [0.5, 0.6) is 0 Å². The molecule has 16 heavy (non-hydrogen) atoms. The predicted octanol–water partition coefficient (Wildman–Crippen LogP) is 2.12. The lowest BCUT2D eigenvalue weighted by molar-refractivity contribution is 0.114. The van der Waals surface area contributed by atoms with Crippen molar-refractivity contribution in [2.75, 3.05) is 33.9 Å². The monoisotopic (exact) mass is 230 g/mol. The van der Waals surface area contributed by atoms with Crippen molar-refractivity contribution in [1.82, 2.24) is 10.2 Å². The highest BCUT2D eigenvalue weighted by Gasteiger charge is 2.08. The summed E-state index contributed by atoms with van der Waals surface area (Å²) in [6.45, 7) is 9.71. The van der Waals surface area contributed by atoms with Crippen LogP contribution < -0.4 is 5.32 Å². The van der Waals surface area contributed by atoms with Crippen LogP contribution in [0.4, 0.5) is 0 Å². The third-order valence-electron chi connectivity index (χ3n) is 3.11. The van der Waals surface area contributed by atoms with Gasteiger partial charge in [-0.15, -0.1) is 0 Å². The van der Waals surface area contributed by atoms with Gasteiger partial charge in [0.15, 0.2) is 0 Å². The highest BCUT2D eigenvalue weighted by molar-refractivity contribution is 4.64. The van der Waals surface area contributed by atoms with E-state index in [1.165, 1.54) is 25.8 Å². The van der Waals surface area contributed by atoms with Gasteiger partial charge in [-0.1, -0.05) is 13.3 Å². The maximum absolute atomic E-state index is 5.15. The first-order valence-corrected chi connectivity index (χ1v) is 6.54. The van der Waals surface area contributed by atoms with Crippen LogP contribution in [0.3, 0.4) is 0 Å². The molecular formula is C13H30N2O. The molecule has 0 fully saturated rings. The van der Waals surface area contributed by atoms with Crippen molar-refractivity contribution in [2.24, 2.45) is 0 Å². The van der Waals surface area contributed by atoms with Gasteiger partial charge in [-0.05, 0) is 46.8 Å². The average Bonchev–Trinajstić information content (AvgIpc) is 2.24. The summed E-state index contributed by atoms with van der Waals surface area (Å²) in [5.41, 5.74) is 0. The molecule has 0 amide bonds. The first kappa shape index (κ1) is 15.9. The van der Waals surface area contributed by atoms with Crippen LogP contribution >= 0.6 is 0 Å². The molecule has 0 spiro atoms. The van der Waals surface area contributed by atoms with E-state index in [1.54, 1.807) is 7.11 Å². The van der Waals surface area contributed by atoms with E-state index >= 15 is 0 Å². The zero-order valence-corrected chi connectivity index (χ0v) is 11.8. The molecule has 0 aromatic carbocycles. The average molecular weight is 230 g/mol. The van der Waals surface area contributed by atoms with E-state index in [1.807, 2.05) is 0 Å². The summed E-state index contributed by atoms with van der Waals surface area (Å²) >= 11 is 0. The Hall–Kier alpha value is -0.120. The molecule has 3 heteroatoms. The SMILES string of the molecule is CCNC(C)CCCCN(C)C(C)COC. The van der Waals surface area contributed by atoms with Crippen LogP contribution in [-0.2, 0) is 4.74 Å². The van der Waals surface area contributed by atoms with Gasteiger partial charge in [0.1, 0.15) is 0 Å². The molecule has 0 aromatic heterocycles. The Morgan fingerprint density at radius 3 is 2.50 bits per heavy atom. The summed E-state index contributed by atoms with van der Waals surface area (Å²) in [7, 11) is 3.94. The Bertz CT molecular complexity index is 153. The van der Waals surface area contributed by atoms with E-state index in [9.17, 15) is 0 Å². The number of hydrogen-bond donors (Lipinski definition) is 1. The van der Waals surface area contributed by atoms with Crippen molar-refractivity contribution in [3.63, 3.8) is 0 Å². The Morgan fingerprint density at radius 1 is 1.25 bits per heavy atom. The van der Waals surface area contributed by atoms with E-state index in [4.69, 9.17) is 4.74 Å². The second kappa shape index (κ2) is 10.1. The number of nitrogens with one attached hydrogen (secondary N) is 1. The Kier molecular flexibility index (Phi) is 9.99. The maximum atomic E-state index is 5.15. The number of methoxy groups -OCH3 is 1. The van der Waals surface area contributed by atoms with Crippen molar-refractivity contribution in [1.29, 1.82) is 0 Å². The summed E-state index contributed by atoms with van der Waals surface area (Å²) in [5, 5.41) is 3.44. The molecule has 0 rings (SSSR count). The molecule has 0 aliphatic rings. The van der Waals surface area contributed by atoms with Crippen molar-refractivity contribution >= 4 is 0 Å². The minimum Gasteiger partial charge on any atom is -0.383 e. The molecule has 0 aromatic rings. The van der Waals surface area contributed by atoms with Crippen LogP contribution in [-0.4, -0.2) is 50.8 Å². The number of hydrogen-bond acceptors (Lipinski definition) is 3. The highest BCUT2D eigenvalue weighted by Crippen LogP contribution is 2.04. The topological polar surface area (TPSA) is 24.5 Å². The lowest BCUT2D eigenvalue weighted by Crippen LogP contribution is -2.33. The molecule has 2 unspecified atom stereocenters. The second-order valence-electron chi connectivity index (χ2n) is 4.74. The zero-order chi connectivity index (χ0) is 12.4. The van der Waals surface area contributed by atoms with Crippen LogP contribution in [0.1, 0.15) is 40.0 Å². The van der Waals surface area contributed by atoms with E-state index in [0.29, 0.717) is 12.1 Å². The number of rotatable bonds is 10. The standard InChI is InChI=1S/C13H30N2O/c1-6-14-12(2)9-7-8-10-15(4)13(3)11-16-5/h12-14H,6-11H2,1-5H3. The lowest BCUT2D eigenvalue weighted by atomic mass is 10.1. The van der Waals surface area contributed by atoms with Gasteiger partial charge >= 0.3 is 0 Å². The minimum atomic E-state index is 0.524. The summed E-state index contributed by atoms with van der Waals surface area (Å²) in [6.07, 6.45) is 3.86. The fourth-order valence-electron chi connectivity index (χ4n) is 1.85. The third-order valence-corrected chi connectivity index (χ3v) is 3.11. The first-order chi connectivity index (χ1) is 7.61. The molecule has 1 N–H and O–H groups in total. The number of ether oxygens (including phenoxy) is 1. The van der Waals surface area contributed by atoms with Crippen LogP contribution in [0.25, 0.3) is 0 Å². The van der Waals surface area contributed by atoms with Crippen molar-refractivity contribution in [3.05, 3.63) is 0 Å². The largest absolute Gasteiger partial charge is 0.383 e. The summed E-state index contributed by atoms with van der Waals surface area (Å²) in [6, 6.07) is 1.18. The summed E-state index contributed by atoms with van der Waals surface area (Å²) in [5.74, 6) is 0. The van der Waals surface area contributed by atoms with E-state index in [0.717, 1.165) is 13.2 Å². The van der Waals surface area contributed by atoms with Crippen LogP contribution in [0, 0.1) is 0 Å². The lowest BCUT2D eigenvalue weighted by Gasteiger charge is -2.24. The van der Waals surface area contributed by atoms with E-state index in [-0.39, 0.29) is 0 Å². The molecule has 2 atom stereocenters. The summed E-state index contributed by atoms with van der Waals surface area (Å²) < 4.78 is 5.15. The molecule has 0 aliphatic heterocycles. The second-order valence-corrected chi connectivity index (χ2v) is 4.74. The maximum Gasteiger partial charge on any atom is 0.0615 e. The van der Waals surface area contributed by atoms with Gasteiger partial charge in [0.2, 0.25) is 0 Å². The quantitative estimate of drug-likeness (QED) is 0.582. The fraction of sp³-hybridized carbons (Fsp3) is 1.00. The van der Waals surface area contributed by atoms with Crippen LogP contribution in [0.2, 0.25) is 0 Å². The Morgan fingerprint density at radius 2 is 1.94 bits per heavy atom. The Labute approximate surface area is 102 Å². The van der Waals surface area contributed by atoms with Gasteiger partial charge in [-0.25, -0.2) is 0 Å². The minimum absolute atomic E-state index is 0.524. The van der Waals surface area contributed by atoms with Gasteiger partial charge < -0.3 is 15.0 Å². The fourth-order valence-corrected chi connectivity index (χ4v) is 1.85. The third kappa shape index (κ3) is 8.08. The first-order valence-electron chi connectivity index (χ1n) is 6.54. The highest BCUT2D eigenvalue weighted by atomic mass is 16.5.